The van der Waals surface area contributed by atoms with Gasteiger partial charge in [-0.15, -0.1) is 0 Å². The summed E-state index contributed by atoms with van der Waals surface area (Å²) in [4.78, 5) is 0. The fourth-order valence-corrected chi connectivity index (χ4v) is 3.90. The zero-order chi connectivity index (χ0) is 15.7. The van der Waals surface area contributed by atoms with Crippen molar-refractivity contribution in [2.75, 3.05) is 18.8 Å². The number of nitrogens with one attached hydrogen (secondary N) is 1. The second-order valence-corrected chi connectivity index (χ2v) is 7.59. The molecule has 120 valence electrons. The Hall–Kier alpha value is -0.910. The highest BCUT2D eigenvalue weighted by molar-refractivity contribution is 7.89. The van der Waals surface area contributed by atoms with E-state index in [0.717, 1.165) is 25.1 Å². The number of sulfonamides is 1. The van der Waals surface area contributed by atoms with Crippen molar-refractivity contribution in [3.63, 3.8) is 0 Å². The summed E-state index contributed by atoms with van der Waals surface area (Å²) < 4.78 is 26.6. The standard InChI is InChI=1S/C16H28N2O2S/c1-4-11-17-12-8-13-21(19,20)18(15(2)3)14-16-9-6-5-7-10-16/h5-7,9-10,15,17H,4,8,11-14H2,1-3H3. The van der Waals surface area contributed by atoms with Gasteiger partial charge in [0.25, 0.3) is 0 Å². The molecular formula is C16H28N2O2S. The molecule has 0 spiro atoms. The first-order chi connectivity index (χ1) is 9.97. The Labute approximate surface area is 129 Å². The van der Waals surface area contributed by atoms with E-state index in [1.165, 1.54) is 0 Å². The van der Waals surface area contributed by atoms with Gasteiger partial charge < -0.3 is 5.32 Å². The molecule has 0 aliphatic heterocycles. The topological polar surface area (TPSA) is 49.4 Å². The van der Waals surface area contributed by atoms with Crippen LogP contribution in [-0.4, -0.2) is 37.6 Å². The molecule has 0 aliphatic rings. The molecule has 0 unspecified atom stereocenters. The van der Waals surface area contributed by atoms with Crippen LogP contribution in [0.25, 0.3) is 0 Å². The van der Waals surface area contributed by atoms with Gasteiger partial charge in [0.15, 0.2) is 0 Å². The average Bonchev–Trinajstić information content (AvgIpc) is 2.45. The summed E-state index contributed by atoms with van der Waals surface area (Å²) in [6.07, 6.45) is 1.72. The molecule has 0 aromatic heterocycles. The Morgan fingerprint density at radius 2 is 1.81 bits per heavy atom. The van der Waals surface area contributed by atoms with Crippen molar-refractivity contribution in [1.29, 1.82) is 0 Å². The van der Waals surface area contributed by atoms with E-state index in [9.17, 15) is 8.42 Å². The largest absolute Gasteiger partial charge is 0.317 e. The quantitative estimate of drug-likeness (QED) is 0.676. The molecule has 1 aromatic carbocycles. The molecule has 5 heteroatoms. The van der Waals surface area contributed by atoms with Crippen molar-refractivity contribution in [3.8, 4) is 0 Å². The third kappa shape index (κ3) is 6.59. The molecule has 0 atom stereocenters. The third-order valence-electron chi connectivity index (χ3n) is 3.30. The van der Waals surface area contributed by atoms with Crippen LogP contribution in [-0.2, 0) is 16.6 Å². The molecule has 0 saturated heterocycles. The van der Waals surface area contributed by atoms with Crippen LogP contribution in [0.4, 0.5) is 0 Å². The van der Waals surface area contributed by atoms with E-state index in [-0.39, 0.29) is 11.8 Å². The zero-order valence-corrected chi connectivity index (χ0v) is 14.2. The number of benzene rings is 1. The van der Waals surface area contributed by atoms with Gasteiger partial charge in [0, 0.05) is 12.6 Å². The molecular weight excluding hydrogens is 284 g/mol. The van der Waals surface area contributed by atoms with E-state index in [4.69, 9.17) is 0 Å². The lowest BCUT2D eigenvalue weighted by molar-refractivity contribution is 0.347. The van der Waals surface area contributed by atoms with Crippen LogP contribution in [0.1, 0.15) is 39.2 Å². The number of nitrogens with zero attached hydrogens (tertiary/aromatic N) is 1. The van der Waals surface area contributed by atoms with E-state index in [1.54, 1.807) is 4.31 Å². The lowest BCUT2D eigenvalue weighted by atomic mass is 10.2. The van der Waals surface area contributed by atoms with Gasteiger partial charge in [-0.05, 0) is 45.3 Å². The summed E-state index contributed by atoms with van der Waals surface area (Å²) in [6.45, 7) is 8.10. The fourth-order valence-electron chi connectivity index (χ4n) is 2.16. The number of rotatable bonds is 10. The summed E-state index contributed by atoms with van der Waals surface area (Å²) in [5.41, 5.74) is 1.03. The maximum Gasteiger partial charge on any atom is 0.214 e. The summed E-state index contributed by atoms with van der Waals surface area (Å²) in [7, 11) is -3.21. The highest BCUT2D eigenvalue weighted by Crippen LogP contribution is 2.14. The minimum absolute atomic E-state index is 0.0289. The summed E-state index contributed by atoms with van der Waals surface area (Å²) in [5.74, 6) is 0.203. The minimum Gasteiger partial charge on any atom is -0.317 e. The van der Waals surface area contributed by atoms with Crippen molar-refractivity contribution in [3.05, 3.63) is 35.9 Å². The maximum absolute atomic E-state index is 12.5. The van der Waals surface area contributed by atoms with Gasteiger partial charge >= 0.3 is 0 Å². The summed E-state index contributed by atoms with van der Waals surface area (Å²) in [6, 6.07) is 9.72. The Morgan fingerprint density at radius 3 is 2.38 bits per heavy atom. The molecule has 0 fully saturated rings. The summed E-state index contributed by atoms with van der Waals surface area (Å²) >= 11 is 0. The second-order valence-electron chi connectivity index (χ2n) is 5.54. The lowest BCUT2D eigenvalue weighted by Gasteiger charge is -2.26. The first-order valence-corrected chi connectivity index (χ1v) is 9.32. The van der Waals surface area contributed by atoms with Crippen LogP contribution in [0.5, 0.6) is 0 Å². The van der Waals surface area contributed by atoms with Gasteiger partial charge in [-0.25, -0.2) is 8.42 Å². The maximum atomic E-state index is 12.5. The Kier molecular flexibility index (Phi) is 7.93. The van der Waals surface area contributed by atoms with Crippen molar-refractivity contribution >= 4 is 10.0 Å². The van der Waals surface area contributed by atoms with Crippen LogP contribution in [0, 0.1) is 0 Å². The lowest BCUT2D eigenvalue weighted by Crippen LogP contribution is -2.38. The first-order valence-electron chi connectivity index (χ1n) is 7.71. The fraction of sp³-hybridized carbons (Fsp3) is 0.625. The molecule has 0 saturated carbocycles. The van der Waals surface area contributed by atoms with Gasteiger partial charge in [0.05, 0.1) is 5.75 Å². The van der Waals surface area contributed by atoms with E-state index in [1.807, 2.05) is 44.2 Å². The third-order valence-corrected chi connectivity index (χ3v) is 5.37. The molecule has 0 bridgehead atoms. The Bertz CT molecular complexity index is 486. The molecule has 4 nitrogen and oxygen atoms in total. The molecule has 0 radical (unpaired) electrons. The van der Waals surface area contributed by atoms with Crippen LogP contribution >= 0.6 is 0 Å². The normalized spacial score (nSPS) is 12.2. The van der Waals surface area contributed by atoms with Crippen molar-refractivity contribution in [2.24, 2.45) is 0 Å². The van der Waals surface area contributed by atoms with E-state index < -0.39 is 10.0 Å². The van der Waals surface area contributed by atoms with Crippen molar-refractivity contribution < 1.29 is 8.42 Å². The van der Waals surface area contributed by atoms with Crippen molar-refractivity contribution in [1.82, 2.24) is 9.62 Å². The average molecular weight is 312 g/mol. The van der Waals surface area contributed by atoms with Gasteiger partial charge in [-0.3, -0.25) is 0 Å². The van der Waals surface area contributed by atoms with Gasteiger partial charge in [0.1, 0.15) is 0 Å². The van der Waals surface area contributed by atoms with Crippen LogP contribution in [0.2, 0.25) is 0 Å². The number of hydrogen-bond acceptors (Lipinski definition) is 3. The number of hydrogen-bond donors (Lipinski definition) is 1. The molecule has 0 aliphatic carbocycles. The van der Waals surface area contributed by atoms with E-state index in [2.05, 4.69) is 12.2 Å². The van der Waals surface area contributed by atoms with Crippen molar-refractivity contribution in [2.45, 2.75) is 46.2 Å². The SMILES string of the molecule is CCCNCCCS(=O)(=O)N(Cc1ccccc1)C(C)C. The van der Waals surface area contributed by atoms with Gasteiger partial charge in [-0.1, -0.05) is 37.3 Å². The van der Waals surface area contributed by atoms with Crippen LogP contribution < -0.4 is 5.32 Å². The zero-order valence-electron chi connectivity index (χ0n) is 13.4. The minimum atomic E-state index is -3.21. The van der Waals surface area contributed by atoms with E-state index >= 15 is 0 Å². The molecule has 1 N–H and O–H groups in total. The second kappa shape index (κ2) is 9.18. The molecule has 0 heterocycles. The van der Waals surface area contributed by atoms with Crippen LogP contribution in [0.15, 0.2) is 30.3 Å². The Balaban J connectivity index is 2.61. The predicted molar refractivity (Wildman–Crippen MR) is 88.7 cm³/mol. The molecule has 0 amide bonds. The van der Waals surface area contributed by atoms with Crippen LogP contribution in [0.3, 0.4) is 0 Å². The Morgan fingerprint density at radius 1 is 1.14 bits per heavy atom. The summed E-state index contributed by atoms with van der Waals surface area (Å²) in [5, 5.41) is 3.24. The highest BCUT2D eigenvalue weighted by atomic mass is 32.2. The molecule has 1 rings (SSSR count). The molecule has 21 heavy (non-hydrogen) atoms. The monoisotopic (exact) mass is 312 g/mol. The predicted octanol–water partition coefficient (Wildman–Crippen LogP) is 2.62. The van der Waals surface area contributed by atoms with Gasteiger partial charge in [0.2, 0.25) is 10.0 Å². The first kappa shape index (κ1) is 18.1. The highest BCUT2D eigenvalue weighted by Gasteiger charge is 2.24. The smallest absolute Gasteiger partial charge is 0.214 e. The van der Waals surface area contributed by atoms with Gasteiger partial charge in [-0.2, -0.15) is 4.31 Å². The van der Waals surface area contributed by atoms with E-state index in [0.29, 0.717) is 13.0 Å². The molecule has 1 aromatic rings.